The Morgan fingerprint density at radius 2 is 2.00 bits per heavy atom. The van der Waals surface area contributed by atoms with Gasteiger partial charge in [0.1, 0.15) is 0 Å². The Hall–Kier alpha value is -3.24. The molecule has 0 unspecified atom stereocenters. The van der Waals surface area contributed by atoms with Gasteiger partial charge in [0.15, 0.2) is 5.76 Å². The van der Waals surface area contributed by atoms with Gasteiger partial charge in [0.05, 0.1) is 22.1 Å². The van der Waals surface area contributed by atoms with Crippen LogP contribution in [0.25, 0.3) is 16.5 Å². The first-order valence-corrected chi connectivity index (χ1v) is 10.9. The lowest BCUT2D eigenvalue weighted by molar-refractivity contribution is -0.384. The number of likely N-dealkylation sites (tertiary alicyclic amines) is 1. The first-order valence-electron chi connectivity index (χ1n) is 10.1. The number of furan rings is 1. The first-order chi connectivity index (χ1) is 15.0. The van der Waals surface area contributed by atoms with E-state index in [1.54, 1.807) is 30.5 Å². The molecule has 0 amide bonds. The van der Waals surface area contributed by atoms with E-state index in [-0.39, 0.29) is 17.6 Å². The van der Waals surface area contributed by atoms with Crippen molar-refractivity contribution in [3.8, 4) is 17.5 Å². The molecule has 1 aromatic carbocycles. The van der Waals surface area contributed by atoms with Crippen molar-refractivity contribution in [2.75, 3.05) is 13.1 Å². The number of nitro groups is 1. The number of nitro benzene ring substituents is 1. The molecule has 1 N–H and O–H groups in total. The largest absolute Gasteiger partial charge is 0.492 e. The average Bonchev–Trinajstić information content (AvgIpc) is 3.49. The fourth-order valence-corrected chi connectivity index (χ4v) is 5.15. The number of piperidine rings is 1. The summed E-state index contributed by atoms with van der Waals surface area (Å²) in [5.41, 5.74) is 0.941. The van der Waals surface area contributed by atoms with Crippen LogP contribution < -0.4 is 0 Å². The molecule has 9 nitrogen and oxygen atoms in total. The third-order valence-electron chi connectivity index (χ3n) is 5.79. The average molecular weight is 439 g/mol. The van der Waals surface area contributed by atoms with Crippen LogP contribution in [0, 0.1) is 16.0 Å². The monoisotopic (exact) mass is 439 g/mol. The van der Waals surface area contributed by atoms with Crippen LogP contribution in [0.15, 0.2) is 47.1 Å². The van der Waals surface area contributed by atoms with Gasteiger partial charge in [-0.2, -0.15) is 9.50 Å². The molecule has 3 aromatic heterocycles. The Bertz CT molecular complexity index is 1210. The number of aromatic hydroxyl groups is 1. The van der Waals surface area contributed by atoms with Crippen molar-refractivity contribution in [3.05, 3.63) is 63.2 Å². The van der Waals surface area contributed by atoms with E-state index in [9.17, 15) is 15.2 Å². The number of fused-ring (bicyclic) bond motifs is 1. The van der Waals surface area contributed by atoms with Crippen molar-refractivity contribution in [1.29, 1.82) is 0 Å². The SMILES string of the molecule is CC1CCN([C@@H](c2ccc([N+](=O)[O-])cc2)c2sc3nc(-c4ccco4)nn3c2O)CC1. The summed E-state index contributed by atoms with van der Waals surface area (Å²) in [6, 6.07) is 9.86. The lowest BCUT2D eigenvalue weighted by Crippen LogP contribution is -2.36. The lowest BCUT2D eigenvalue weighted by Gasteiger charge is -2.36. The van der Waals surface area contributed by atoms with Crippen LogP contribution in [0.3, 0.4) is 0 Å². The quantitative estimate of drug-likeness (QED) is 0.360. The van der Waals surface area contributed by atoms with E-state index in [0.717, 1.165) is 36.4 Å². The highest BCUT2D eigenvalue weighted by Gasteiger charge is 2.32. The predicted octanol–water partition coefficient (Wildman–Crippen LogP) is 4.49. The van der Waals surface area contributed by atoms with Gasteiger partial charge in [-0.1, -0.05) is 30.4 Å². The molecule has 0 spiro atoms. The number of benzene rings is 1. The minimum atomic E-state index is -0.405. The maximum atomic E-state index is 11.1. The van der Waals surface area contributed by atoms with Crippen LogP contribution in [0.5, 0.6) is 5.88 Å². The highest BCUT2D eigenvalue weighted by atomic mass is 32.1. The fourth-order valence-electron chi connectivity index (χ4n) is 4.03. The van der Waals surface area contributed by atoms with Gasteiger partial charge in [-0.15, -0.1) is 5.10 Å². The second kappa shape index (κ2) is 7.78. The maximum Gasteiger partial charge on any atom is 0.269 e. The Morgan fingerprint density at radius 1 is 1.26 bits per heavy atom. The molecule has 0 radical (unpaired) electrons. The summed E-state index contributed by atoms with van der Waals surface area (Å²) in [5, 5.41) is 26.6. The van der Waals surface area contributed by atoms with E-state index in [0.29, 0.717) is 22.5 Å². The van der Waals surface area contributed by atoms with E-state index in [2.05, 4.69) is 21.9 Å². The minimum Gasteiger partial charge on any atom is -0.492 e. The van der Waals surface area contributed by atoms with Gasteiger partial charge >= 0.3 is 0 Å². The molecule has 1 saturated heterocycles. The van der Waals surface area contributed by atoms with Gasteiger partial charge in [0.2, 0.25) is 16.7 Å². The number of nitrogens with zero attached hydrogens (tertiary/aromatic N) is 5. The fraction of sp³-hybridized carbons (Fsp3) is 0.333. The van der Waals surface area contributed by atoms with Crippen molar-refractivity contribution in [3.63, 3.8) is 0 Å². The van der Waals surface area contributed by atoms with Crippen molar-refractivity contribution < 1.29 is 14.4 Å². The van der Waals surface area contributed by atoms with Crippen molar-refractivity contribution in [2.45, 2.75) is 25.8 Å². The Balaban J connectivity index is 1.57. The van der Waals surface area contributed by atoms with E-state index >= 15 is 0 Å². The summed E-state index contributed by atoms with van der Waals surface area (Å²) >= 11 is 1.37. The molecule has 4 aromatic rings. The van der Waals surface area contributed by atoms with Gasteiger partial charge in [-0.3, -0.25) is 15.0 Å². The molecule has 0 saturated carbocycles. The van der Waals surface area contributed by atoms with Gasteiger partial charge in [0.25, 0.3) is 5.69 Å². The number of non-ortho nitro benzene ring substituents is 1. The van der Waals surface area contributed by atoms with Gasteiger partial charge < -0.3 is 9.52 Å². The number of aromatic nitrogens is 3. The van der Waals surface area contributed by atoms with Crippen LogP contribution >= 0.6 is 11.3 Å². The van der Waals surface area contributed by atoms with E-state index in [4.69, 9.17) is 4.42 Å². The van der Waals surface area contributed by atoms with Crippen LogP contribution in [0.2, 0.25) is 0 Å². The molecule has 10 heteroatoms. The third-order valence-corrected chi connectivity index (χ3v) is 6.87. The number of hydrogen-bond donors (Lipinski definition) is 1. The molecular weight excluding hydrogens is 418 g/mol. The molecule has 0 bridgehead atoms. The molecule has 4 heterocycles. The van der Waals surface area contributed by atoms with Crippen molar-refractivity contribution >= 4 is 22.0 Å². The molecular formula is C21H21N5O4S. The van der Waals surface area contributed by atoms with E-state index in [1.165, 1.54) is 28.0 Å². The first kappa shape index (κ1) is 19.7. The normalized spacial score (nSPS) is 16.7. The lowest BCUT2D eigenvalue weighted by atomic mass is 9.95. The molecule has 5 rings (SSSR count). The van der Waals surface area contributed by atoms with E-state index in [1.807, 2.05) is 0 Å². The molecule has 1 fully saturated rings. The standard InChI is InChI=1S/C21H21N5O4S/c1-13-8-10-24(11-9-13)17(14-4-6-15(7-5-14)26(28)29)18-20(27)25-21(31-18)22-19(23-25)16-3-2-12-30-16/h2-7,12-13,17,27H,8-11H2,1H3/t17-/m0/s1. The maximum absolute atomic E-state index is 11.1. The molecule has 160 valence electrons. The third kappa shape index (κ3) is 3.57. The van der Waals surface area contributed by atoms with Crippen LogP contribution in [0.4, 0.5) is 5.69 Å². The van der Waals surface area contributed by atoms with Crippen molar-refractivity contribution in [2.24, 2.45) is 5.92 Å². The zero-order valence-electron chi connectivity index (χ0n) is 16.8. The molecule has 31 heavy (non-hydrogen) atoms. The highest BCUT2D eigenvalue weighted by Crippen LogP contribution is 2.42. The van der Waals surface area contributed by atoms with Crippen LogP contribution in [-0.4, -0.2) is 42.6 Å². The summed E-state index contributed by atoms with van der Waals surface area (Å²) in [6.07, 6.45) is 3.68. The zero-order valence-corrected chi connectivity index (χ0v) is 17.7. The molecule has 1 atom stereocenters. The topological polar surface area (TPSA) is 110 Å². The number of hydrogen-bond acceptors (Lipinski definition) is 8. The van der Waals surface area contributed by atoms with Gasteiger partial charge in [-0.25, -0.2) is 0 Å². The van der Waals surface area contributed by atoms with Crippen molar-refractivity contribution in [1.82, 2.24) is 19.5 Å². The van der Waals surface area contributed by atoms with Gasteiger partial charge in [-0.05, 0) is 49.5 Å². The van der Waals surface area contributed by atoms with Crippen LogP contribution in [0.1, 0.15) is 36.2 Å². The second-order valence-electron chi connectivity index (χ2n) is 7.87. The second-order valence-corrected chi connectivity index (χ2v) is 8.88. The smallest absolute Gasteiger partial charge is 0.269 e. The highest BCUT2D eigenvalue weighted by molar-refractivity contribution is 7.17. The predicted molar refractivity (Wildman–Crippen MR) is 115 cm³/mol. The minimum absolute atomic E-state index is 0.0345. The summed E-state index contributed by atoms with van der Waals surface area (Å²) in [4.78, 5) is 18.8. The zero-order chi connectivity index (χ0) is 21.5. The van der Waals surface area contributed by atoms with E-state index < -0.39 is 4.92 Å². The summed E-state index contributed by atoms with van der Waals surface area (Å²) < 4.78 is 6.80. The Kier molecular flexibility index (Phi) is 4.95. The summed E-state index contributed by atoms with van der Waals surface area (Å²) in [6.45, 7) is 4.01. The summed E-state index contributed by atoms with van der Waals surface area (Å²) in [5.74, 6) is 1.64. The Morgan fingerprint density at radius 3 is 2.61 bits per heavy atom. The van der Waals surface area contributed by atoms with Crippen LogP contribution in [-0.2, 0) is 0 Å². The summed E-state index contributed by atoms with van der Waals surface area (Å²) in [7, 11) is 0. The molecule has 1 aliphatic rings. The Labute approximate surface area is 181 Å². The molecule has 1 aliphatic heterocycles. The number of thiazole rings is 1. The molecule has 0 aliphatic carbocycles. The van der Waals surface area contributed by atoms with Gasteiger partial charge in [0, 0.05) is 12.1 Å². The number of rotatable bonds is 5.